The molecule has 0 saturated carbocycles. The number of carbonyl (C=O) groups excluding carboxylic acids is 1. The minimum Gasteiger partial charge on any atom is -0.444 e. The lowest BCUT2D eigenvalue weighted by Gasteiger charge is -2.22. The van der Waals surface area contributed by atoms with Crippen LogP contribution in [0.25, 0.3) is 11.5 Å². The standard InChI is InChI=1S/C19H22N6O2/c26-18(17-12-25(24-23-17)11-14-5-4-8-20-9-14)21-10-16-13-27-19(22-16)15-6-2-1-3-7-15/h1-3,6-7,12-14,20H,4-5,8-11H2,(H,21,26)/t14-/m1/s1. The first-order valence-electron chi connectivity index (χ1n) is 9.17. The van der Waals surface area contributed by atoms with E-state index < -0.39 is 0 Å². The molecule has 4 rings (SSSR count). The number of hydrogen-bond acceptors (Lipinski definition) is 6. The van der Waals surface area contributed by atoms with E-state index in [2.05, 4.69) is 25.9 Å². The van der Waals surface area contributed by atoms with E-state index in [-0.39, 0.29) is 12.5 Å². The van der Waals surface area contributed by atoms with Crippen LogP contribution in [0.15, 0.2) is 47.2 Å². The number of benzene rings is 1. The molecule has 1 saturated heterocycles. The smallest absolute Gasteiger partial charge is 0.273 e. The summed E-state index contributed by atoms with van der Waals surface area (Å²) in [7, 11) is 0. The molecule has 1 fully saturated rings. The molecule has 8 nitrogen and oxygen atoms in total. The molecule has 2 N–H and O–H groups in total. The Hall–Kier alpha value is -3.00. The number of amides is 1. The van der Waals surface area contributed by atoms with E-state index in [4.69, 9.17) is 4.42 Å². The summed E-state index contributed by atoms with van der Waals surface area (Å²) in [5.74, 6) is 0.794. The van der Waals surface area contributed by atoms with Crippen molar-refractivity contribution in [3.8, 4) is 11.5 Å². The third-order valence-electron chi connectivity index (χ3n) is 4.62. The van der Waals surface area contributed by atoms with Crippen LogP contribution in [0.1, 0.15) is 29.0 Å². The van der Waals surface area contributed by atoms with Crippen molar-refractivity contribution in [2.75, 3.05) is 13.1 Å². The van der Waals surface area contributed by atoms with Crippen molar-refractivity contribution < 1.29 is 9.21 Å². The normalized spacial score (nSPS) is 17.0. The van der Waals surface area contributed by atoms with Crippen molar-refractivity contribution >= 4 is 5.91 Å². The minimum atomic E-state index is -0.271. The molecule has 0 spiro atoms. The van der Waals surface area contributed by atoms with Crippen LogP contribution in [0, 0.1) is 5.92 Å². The summed E-state index contributed by atoms with van der Waals surface area (Å²) in [4.78, 5) is 16.7. The fourth-order valence-electron chi connectivity index (χ4n) is 3.20. The van der Waals surface area contributed by atoms with Crippen LogP contribution in [-0.2, 0) is 13.1 Å². The zero-order chi connectivity index (χ0) is 18.5. The third-order valence-corrected chi connectivity index (χ3v) is 4.62. The largest absolute Gasteiger partial charge is 0.444 e. The number of aromatic nitrogens is 4. The number of carbonyl (C=O) groups is 1. The Morgan fingerprint density at radius 3 is 3.04 bits per heavy atom. The molecule has 1 aliphatic rings. The number of nitrogens with zero attached hydrogens (tertiary/aromatic N) is 4. The van der Waals surface area contributed by atoms with Gasteiger partial charge >= 0.3 is 0 Å². The van der Waals surface area contributed by atoms with Crippen molar-refractivity contribution in [2.45, 2.75) is 25.9 Å². The Morgan fingerprint density at radius 2 is 2.22 bits per heavy atom. The van der Waals surface area contributed by atoms with Crippen molar-refractivity contribution in [1.82, 2.24) is 30.6 Å². The maximum Gasteiger partial charge on any atom is 0.273 e. The van der Waals surface area contributed by atoms with E-state index in [1.807, 2.05) is 30.3 Å². The second kappa shape index (κ2) is 8.13. The lowest BCUT2D eigenvalue weighted by atomic mass is 10.00. The summed E-state index contributed by atoms with van der Waals surface area (Å²) in [6, 6.07) is 9.63. The Bertz CT molecular complexity index is 883. The summed E-state index contributed by atoms with van der Waals surface area (Å²) in [5, 5.41) is 14.2. The lowest BCUT2D eigenvalue weighted by molar-refractivity contribution is 0.0945. The quantitative estimate of drug-likeness (QED) is 0.691. The SMILES string of the molecule is O=C(NCc1coc(-c2ccccc2)n1)c1cn(C[C@@H]2CCCNC2)nn1. The van der Waals surface area contributed by atoms with Gasteiger partial charge in [0.05, 0.1) is 18.4 Å². The molecular formula is C19H22N6O2. The summed E-state index contributed by atoms with van der Waals surface area (Å²) in [6.45, 7) is 3.11. The predicted octanol–water partition coefficient (Wildman–Crippen LogP) is 1.86. The average molecular weight is 366 g/mol. The van der Waals surface area contributed by atoms with Gasteiger partial charge in [0.1, 0.15) is 6.26 Å². The van der Waals surface area contributed by atoms with Gasteiger partial charge in [-0.2, -0.15) is 0 Å². The Labute approximate surface area is 157 Å². The van der Waals surface area contributed by atoms with Crippen molar-refractivity contribution in [1.29, 1.82) is 0 Å². The molecular weight excluding hydrogens is 344 g/mol. The van der Waals surface area contributed by atoms with Crippen LogP contribution in [0.5, 0.6) is 0 Å². The van der Waals surface area contributed by atoms with E-state index in [1.54, 1.807) is 17.1 Å². The molecule has 3 aromatic rings. The van der Waals surface area contributed by atoms with Gasteiger partial charge in [-0.3, -0.25) is 9.48 Å². The zero-order valence-electron chi connectivity index (χ0n) is 15.0. The van der Waals surface area contributed by atoms with E-state index in [0.29, 0.717) is 23.2 Å². The number of piperidine rings is 1. The highest BCUT2D eigenvalue weighted by Gasteiger charge is 2.16. The fourth-order valence-corrected chi connectivity index (χ4v) is 3.20. The van der Waals surface area contributed by atoms with Gasteiger partial charge < -0.3 is 15.1 Å². The molecule has 0 radical (unpaired) electrons. The second-order valence-electron chi connectivity index (χ2n) is 6.73. The van der Waals surface area contributed by atoms with Crippen LogP contribution in [0.3, 0.4) is 0 Å². The number of oxazole rings is 1. The highest BCUT2D eigenvalue weighted by molar-refractivity contribution is 5.91. The Balaban J connectivity index is 1.31. The summed E-state index contributed by atoms with van der Waals surface area (Å²) >= 11 is 0. The topological polar surface area (TPSA) is 97.9 Å². The Kier molecular flexibility index (Phi) is 5.24. The first kappa shape index (κ1) is 17.4. The molecule has 140 valence electrons. The highest BCUT2D eigenvalue weighted by atomic mass is 16.3. The lowest BCUT2D eigenvalue weighted by Crippen LogP contribution is -2.32. The molecule has 1 amide bonds. The first-order valence-corrected chi connectivity index (χ1v) is 9.17. The van der Waals surface area contributed by atoms with E-state index in [9.17, 15) is 4.79 Å². The summed E-state index contributed by atoms with van der Waals surface area (Å²) in [6.07, 6.45) is 5.59. The molecule has 1 aromatic carbocycles. The van der Waals surface area contributed by atoms with Gasteiger partial charge in [-0.1, -0.05) is 23.4 Å². The molecule has 0 aliphatic carbocycles. The van der Waals surface area contributed by atoms with Gasteiger partial charge in [0.2, 0.25) is 5.89 Å². The number of nitrogens with one attached hydrogen (secondary N) is 2. The van der Waals surface area contributed by atoms with Gasteiger partial charge in [0.25, 0.3) is 5.91 Å². The minimum absolute atomic E-state index is 0.271. The molecule has 27 heavy (non-hydrogen) atoms. The third kappa shape index (κ3) is 4.40. The predicted molar refractivity (Wildman–Crippen MR) is 98.7 cm³/mol. The van der Waals surface area contributed by atoms with Gasteiger partial charge in [0.15, 0.2) is 5.69 Å². The van der Waals surface area contributed by atoms with Crippen molar-refractivity contribution in [3.63, 3.8) is 0 Å². The summed E-state index contributed by atoms with van der Waals surface area (Å²) < 4.78 is 7.22. The van der Waals surface area contributed by atoms with E-state index in [0.717, 1.165) is 25.2 Å². The van der Waals surface area contributed by atoms with Crippen LogP contribution < -0.4 is 10.6 Å². The monoisotopic (exact) mass is 366 g/mol. The number of hydrogen-bond donors (Lipinski definition) is 2. The van der Waals surface area contributed by atoms with Gasteiger partial charge in [-0.25, -0.2) is 4.98 Å². The molecule has 1 atom stereocenters. The van der Waals surface area contributed by atoms with E-state index >= 15 is 0 Å². The van der Waals surface area contributed by atoms with Crippen LogP contribution in [0.2, 0.25) is 0 Å². The second-order valence-corrected chi connectivity index (χ2v) is 6.73. The highest BCUT2D eigenvalue weighted by Crippen LogP contribution is 2.17. The van der Waals surface area contributed by atoms with Gasteiger partial charge in [-0.15, -0.1) is 5.10 Å². The summed E-state index contributed by atoms with van der Waals surface area (Å²) in [5.41, 5.74) is 1.86. The molecule has 2 aromatic heterocycles. The fraction of sp³-hybridized carbons (Fsp3) is 0.368. The van der Waals surface area contributed by atoms with Crippen LogP contribution in [0.4, 0.5) is 0 Å². The number of rotatable bonds is 6. The molecule has 0 bridgehead atoms. The van der Waals surface area contributed by atoms with Crippen LogP contribution >= 0.6 is 0 Å². The molecule has 8 heteroatoms. The molecule has 1 aliphatic heterocycles. The first-order chi connectivity index (χ1) is 13.3. The van der Waals surface area contributed by atoms with Crippen molar-refractivity contribution in [3.05, 3.63) is 54.2 Å². The van der Waals surface area contributed by atoms with Gasteiger partial charge in [-0.05, 0) is 44.0 Å². The molecule has 0 unspecified atom stereocenters. The maximum absolute atomic E-state index is 12.3. The maximum atomic E-state index is 12.3. The molecule has 3 heterocycles. The van der Waals surface area contributed by atoms with E-state index in [1.165, 1.54) is 12.8 Å². The average Bonchev–Trinajstić information content (AvgIpc) is 3.37. The zero-order valence-corrected chi connectivity index (χ0v) is 15.0. The van der Waals surface area contributed by atoms with Gasteiger partial charge in [0, 0.05) is 12.1 Å². The van der Waals surface area contributed by atoms with Crippen LogP contribution in [-0.4, -0.2) is 39.0 Å². The Morgan fingerprint density at radius 1 is 1.33 bits per heavy atom. The van der Waals surface area contributed by atoms with Crippen molar-refractivity contribution in [2.24, 2.45) is 5.92 Å².